The summed E-state index contributed by atoms with van der Waals surface area (Å²) in [6.45, 7) is 0. The molecule has 0 spiro atoms. The first kappa shape index (κ1) is 27.6. The third-order valence-corrected chi connectivity index (χ3v) is 8.96. The monoisotopic (exact) mass is 618 g/mol. The maximum atomic E-state index is 4.31. The Morgan fingerprint density at radius 3 is 0.875 bits per heavy atom. The lowest BCUT2D eigenvalue weighted by atomic mass is 10.0. The second-order valence-electron chi connectivity index (χ2n) is 11.8. The van der Waals surface area contributed by atoms with Crippen LogP contribution in [0.3, 0.4) is 0 Å². The molecule has 0 atom stereocenters. The number of aromatic amines is 4. The van der Waals surface area contributed by atoms with Gasteiger partial charge in [-0.25, -0.2) is 0 Å². The minimum atomic E-state index is 1.00. The van der Waals surface area contributed by atoms with Crippen LogP contribution in [0.5, 0.6) is 0 Å². The van der Waals surface area contributed by atoms with Crippen LogP contribution < -0.4 is 21.4 Å². The molecule has 228 valence electrons. The van der Waals surface area contributed by atoms with Crippen LogP contribution in [0.2, 0.25) is 0 Å². The fraction of sp³-hybridized carbons (Fsp3) is 0. The van der Waals surface area contributed by atoms with Gasteiger partial charge in [0, 0.05) is 91.3 Å². The van der Waals surface area contributed by atoms with Gasteiger partial charge < -0.3 is 19.9 Å². The van der Waals surface area contributed by atoms with Gasteiger partial charge in [0.25, 0.3) is 0 Å². The summed E-state index contributed by atoms with van der Waals surface area (Å²) < 4.78 is 0. The number of rotatable bonds is 4. The van der Waals surface area contributed by atoms with Gasteiger partial charge in [-0.1, -0.05) is 60.7 Å². The molecule has 0 fully saturated rings. The van der Waals surface area contributed by atoms with Crippen molar-refractivity contribution in [3.05, 3.63) is 225 Å². The normalized spacial score (nSPS) is 12.8. The van der Waals surface area contributed by atoms with E-state index in [1.54, 1.807) is 0 Å². The van der Waals surface area contributed by atoms with Crippen LogP contribution >= 0.6 is 0 Å². The molecule has 0 unspecified atom stereocenters. The van der Waals surface area contributed by atoms with Crippen molar-refractivity contribution < 1.29 is 0 Å². The molecule has 9 rings (SSSR count). The van der Waals surface area contributed by atoms with Crippen LogP contribution in [0, 0.1) is 0 Å². The lowest BCUT2D eigenvalue weighted by molar-refractivity contribution is 1.18. The van der Waals surface area contributed by atoms with Gasteiger partial charge in [-0.2, -0.15) is 0 Å². The molecule has 0 saturated heterocycles. The number of hydrogen-bond donors (Lipinski definition) is 4. The van der Waals surface area contributed by atoms with E-state index in [1.165, 1.54) is 0 Å². The smallest absolute Gasteiger partial charge is 0.0485 e. The molecular formula is C42H30N6. The Morgan fingerprint density at radius 1 is 0.271 bits per heavy atom. The van der Waals surface area contributed by atoms with Crippen molar-refractivity contribution in [2.75, 3.05) is 0 Å². The van der Waals surface area contributed by atoms with Crippen molar-refractivity contribution in [1.29, 1.82) is 0 Å². The van der Waals surface area contributed by atoms with Crippen LogP contribution in [0.1, 0.15) is 45.0 Å². The molecule has 0 amide bonds. The fourth-order valence-electron chi connectivity index (χ4n) is 6.82. The number of hydrogen-bond acceptors (Lipinski definition) is 2. The summed E-state index contributed by atoms with van der Waals surface area (Å²) >= 11 is 0. The summed E-state index contributed by atoms with van der Waals surface area (Å²) in [5.41, 5.74) is 12.7. The molecule has 8 bridgehead atoms. The Kier molecular flexibility index (Phi) is 6.68. The minimum Gasteiger partial charge on any atom is -0.354 e. The first-order chi connectivity index (χ1) is 23.8. The topological polar surface area (TPSA) is 88.9 Å². The van der Waals surface area contributed by atoms with Crippen molar-refractivity contribution in [3.8, 4) is 0 Å². The summed E-state index contributed by atoms with van der Waals surface area (Å²) in [7, 11) is 0. The second-order valence-corrected chi connectivity index (χ2v) is 11.8. The standard InChI is InChI=1S/C42H30N6/c1-3-7-27(8-4-1)39-31-11-15-35(45-31)41(29-19-23-43-24-20-29)37-17-13-33(47-37)40(28-9-5-2-6-10-28)34-14-18-38(48-34)42(30-21-25-44-26-22-30)36-16-12-32(39)46-36/h1-26,45-48H. The van der Waals surface area contributed by atoms with Crippen LogP contribution in [0.25, 0.3) is 22.3 Å². The molecule has 4 N–H and O–H groups in total. The highest BCUT2D eigenvalue weighted by molar-refractivity contribution is 5.84. The summed E-state index contributed by atoms with van der Waals surface area (Å²) in [6.07, 6.45) is 7.37. The van der Waals surface area contributed by atoms with E-state index in [1.807, 2.05) is 24.8 Å². The largest absolute Gasteiger partial charge is 0.354 e. The summed E-state index contributed by atoms with van der Waals surface area (Å²) in [5.74, 6) is 0. The highest BCUT2D eigenvalue weighted by atomic mass is 14.8. The van der Waals surface area contributed by atoms with Gasteiger partial charge in [-0.15, -0.1) is 0 Å². The highest BCUT2D eigenvalue weighted by Crippen LogP contribution is 2.27. The average Bonchev–Trinajstić information content (AvgIpc) is 3.98. The number of fused-ring (bicyclic) bond motifs is 8. The zero-order chi connectivity index (χ0) is 31.9. The number of H-pyrrole nitrogens is 4. The van der Waals surface area contributed by atoms with E-state index in [0.29, 0.717) is 0 Å². The van der Waals surface area contributed by atoms with Gasteiger partial charge in [-0.3, -0.25) is 9.97 Å². The van der Waals surface area contributed by atoms with Crippen molar-refractivity contribution >= 4 is 22.3 Å². The maximum absolute atomic E-state index is 4.31. The van der Waals surface area contributed by atoms with Gasteiger partial charge in [0.15, 0.2) is 0 Å². The number of benzene rings is 2. The zero-order valence-corrected chi connectivity index (χ0v) is 25.9. The van der Waals surface area contributed by atoms with Gasteiger partial charge in [0.1, 0.15) is 0 Å². The van der Waals surface area contributed by atoms with Crippen molar-refractivity contribution in [2.24, 2.45) is 0 Å². The average molecular weight is 619 g/mol. The second kappa shape index (κ2) is 11.6. The Hall–Kier alpha value is -6.66. The lowest BCUT2D eigenvalue weighted by Crippen LogP contribution is -2.19. The molecule has 1 aliphatic rings. The van der Waals surface area contributed by atoms with E-state index in [2.05, 4.69) is 163 Å². The molecule has 8 aromatic rings. The van der Waals surface area contributed by atoms with Gasteiger partial charge in [0.2, 0.25) is 0 Å². The lowest BCUT2D eigenvalue weighted by Gasteiger charge is -2.09. The molecule has 6 aromatic heterocycles. The third-order valence-electron chi connectivity index (χ3n) is 8.96. The van der Waals surface area contributed by atoms with Gasteiger partial charge >= 0.3 is 0 Å². The first-order valence-corrected chi connectivity index (χ1v) is 16.0. The van der Waals surface area contributed by atoms with Crippen molar-refractivity contribution in [2.45, 2.75) is 0 Å². The molecule has 0 saturated carbocycles. The Balaban J connectivity index is 1.44. The molecule has 0 radical (unpaired) electrons. The Morgan fingerprint density at radius 2 is 0.562 bits per heavy atom. The van der Waals surface area contributed by atoms with Crippen LogP contribution in [0.15, 0.2) is 158 Å². The SMILES string of the molecule is c1ccc(C2=c3ccc([nH]3)=C(c3ccncc3)c3ccc([nH]3)C(c3ccccc3)=c3ccc([nH]3)=C(c3ccncc3)c3ccc2[nH]3)cc1. The van der Waals surface area contributed by atoms with Crippen molar-refractivity contribution in [1.82, 2.24) is 29.9 Å². The Bertz CT molecular complexity index is 2280. The zero-order valence-electron chi connectivity index (χ0n) is 25.9. The van der Waals surface area contributed by atoms with Gasteiger partial charge in [-0.05, 0) is 95.1 Å². The molecule has 6 nitrogen and oxygen atoms in total. The molecule has 1 aliphatic heterocycles. The van der Waals surface area contributed by atoms with E-state index in [-0.39, 0.29) is 0 Å². The van der Waals surface area contributed by atoms with E-state index in [0.717, 1.165) is 88.7 Å². The quantitative estimate of drug-likeness (QED) is 0.222. The van der Waals surface area contributed by atoms with E-state index >= 15 is 0 Å². The molecule has 7 heterocycles. The third kappa shape index (κ3) is 4.84. The maximum Gasteiger partial charge on any atom is 0.0485 e. The molecular weight excluding hydrogens is 589 g/mol. The minimum absolute atomic E-state index is 1.00. The molecule has 48 heavy (non-hydrogen) atoms. The highest BCUT2D eigenvalue weighted by Gasteiger charge is 2.18. The van der Waals surface area contributed by atoms with Crippen molar-refractivity contribution in [3.63, 3.8) is 0 Å². The van der Waals surface area contributed by atoms with Crippen LogP contribution in [-0.2, 0) is 0 Å². The molecule has 2 aromatic carbocycles. The summed E-state index contributed by atoms with van der Waals surface area (Å²) in [4.78, 5) is 23.9. The molecule has 0 aliphatic carbocycles. The van der Waals surface area contributed by atoms with E-state index in [4.69, 9.17) is 0 Å². The number of aromatic nitrogens is 6. The number of nitrogens with one attached hydrogen (secondary N) is 4. The van der Waals surface area contributed by atoms with Crippen LogP contribution in [0.4, 0.5) is 0 Å². The Labute approximate surface area is 276 Å². The predicted octanol–water partition coefficient (Wildman–Crippen LogP) is 5.09. The summed E-state index contributed by atoms with van der Waals surface area (Å²) in [5, 5.41) is 4.03. The van der Waals surface area contributed by atoms with E-state index < -0.39 is 0 Å². The predicted molar refractivity (Wildman–Crippen MR) is 189 cm³/mol. The molecule has 6 heteroatoms. The summed E-state index contributed by atoms with van der Waals surface area (Å²) in [6, 6.07) is 46.7. The van der Waals surface area contributed by atoms with Crippen LogP contribution in [-0.4, -0.2) is 29.9 Å². The first-order valence-electron chi connectivity index (χ1n) is 16.0. The number of pyridine rings is 2. The van der Waals surface area contributed by atoms with Gasteiger partial charge in [0.05, 0.1) is 0 Å². The number of nitrogens with zero attached hydrogens (tertiary/aromatic N) is 2. The van der Waals surface area contributed by atoms with E-state index in [9.17, 15) is 0 Å². The fourth-order valence-corrected chi connectivity index (χ4v) is 6.82.